The molecule has 0 unspecified atom stereocenters. The van der Waals surface area contributed by atoms with E-state index < -0.39 is 0 Å². The van der Waals surface area contributed by atoms with Crippen molar-refractivity contribution >= 4 is 11.6 Å². The fourth-order valence-electron chi connectivity index (χ4n) is 2.59. The Morgan fingerprint density at radius 1 is 1.19 bits per heavy atom. The molecule has 1 aliphatic rings. The molecule has 0 bridgehead atoms. The molecule has 1 aromatic carbocycles. The second-order valence-electron chi connectivity index (χ2n) is 5.26. The average molecular weight is 294 g/mol. The second-order valence-corrected chi connectivity index (χ2v) is 5.26. The molecule has 116 valence electrons. The molecule has 0 saturated carbocycles. The van der Waals surface area contributed by atoms with Gasteiger partial charge in [0.1, 0.15) is 0 Å². The van der Waals surface area contributed by atoms with Crippen LogP contribution in [0.3, 0.4) is 0 Å². The van der Waals surface area contributed by atoms with Gasteiger partial charge in [0, 0.05) is 24.8 Å². The predicted octanol–water partition coefficient (Wildman–Crippen LogP) is 1.54. The predicted molar refractivity (Wildman–Crippen MR) is 79.9 cm³/mol. The van der Waals surface area contributed by atoms with Crippen molar-refractivity contribution in [2.24, 2.45) is 0 Å². The number of carbonyl (C=O) groups is 1. The zero-order valence-electron chi connectivity index (χ0n) is 12.9. The highest BCUT2D eigenvalue weighted by Gasteiger charge is 2.28. The van der Waals surface area contributed by atoms with Gasteiger partial charge in [-0.05, 0) is 19.9 Å². The van der Waals surface area contributed by atoms with Crippen LogP contribution in [0.2, 0.25) is 0 Å². The van der Waals surface area contributed by atoms with E-state index in [0.29, 0.717) is 35.8 Å². The van der Waals surface area contributed by atoms with Crippen LogP contribution in [0, 0.1) is 0 Å². The molecule has 1 fully saturated rings. The van der Waals surface area contributed by atoms with Crippen LogP contribution < -0.4 is 15.2 Å². The Morgan fingerprint density at radius 2 is 1.71 bits per heavy atom. The van der Waals surface area contributed by atoms with E-state index in [1.54, 1.807) is 17.0 Å². The maximum absolute atomic E-state index is 12.7. The summed E-state index contributed by atoms with van der Waals surface area (Å²) < 4.78 is 16.1. The summed E-state index contributed by atoms with van der Waals surface area (Å²) in [5.41, 5.74) is 6.79. The van der Waals surface area contributed by atoms with E-state index in [-0.39, 0.29) is 18.1 Å². The highest BCUT2D eigenvalue weighted by atomic mass is 16.5. The summed E-state index contributed by atoms with van der Waals surface area (Å²) in [5.74, 6) is 0.884. The van der Waals surface area contributed by atoms with Gasteiger partial charge in [0.15, 0.2) is 11.5 Å². The van der Waals surface area contributed by atoms with Crippen LogP contribution in [0.1, 0.15) is 24.2 Å². The number of nitrogens with two attached hydrogens (primary N) is 1. The summed E-state index contributed by atoms with van der Waals surface area (Å²) in [6.45, 7) is 5.01. The number of nitrogens with zero attached hydrogens (tertiary/aromatic N) is 1. The molecule has 0 radical (unpaired) electrons. The molecule has 2 N–H and O–H groups in total. The smallest absolute Gasteiger partial charge is 0.256 e. The van der Waals surface area contributed by atoms with Gasteiger partial charge in [0.25, 0.3) is 5.91 Å². The summed E-state index contributed by atoms with van der Waals surface area (Å²) in [6, 6.07) is 3.24. The van der Waals surface area contributed by atoms with E-state index in [1.165, 1.54) is 14.2 Å². The van der Waals surface area contributed by atoms with Crippen molar-refractivity contribution in [1.82, 2.24) is 4.90 Å². The van der Waals surface area contributed by atoms with Crippen LogP contribution in [0.4, 0.5) is 5.69 Å². The summed E-state index contributed by atoms with van der Waals surface area (Å²) in [5, 5.41) is 0. The third kappa shape index (κ3) is 3.21. The summed E-state index contributed by atoms with van der Waals surface area (Å²) >= 11 is 0. The number of rotatable bonds is 3. The van der Waals surface area contributed by atoms with E-state index >= 15 is 0 Å². The molecule has 6 nitrogen and oxygen atoms in total. The van der Waals surface area contributed by atoms with Crippen molar-refractivity contribution < 1.29 is 19.0 Å². The van der Waals surface area contributed by atoms with Crippen molar-refractivity contribution in [3.63, 3.8) is 0 Å². The van der Waals surface area contributed by atoms with E-state index in [0.717, 1.165) is 0 Å². The van der Waals surface area contributed by atoms with E-state index in [4.69, 9.17) is 19.9 Å². The number of ether oxygens (including phenoxy) is 3. The number of morpholine rings is 1. The van der Waals surface area contributed by atoms with Gasteiger partial charge in [-0.1, -0.05) is 0 Å². The lowest BCUT2D eigenvalue weighted by atomic mass is 10.1. The Balaban J connectivity index is 2.30. The number of carbonyl (C=O) groups excluding carboxylic acids is 1. The molecule has 1 aliphatic heterocycles. The van der Waals surface area contributed by atoms with E-state index in [2.05, 4.69) is 0 Å². The quantitative estimate of drug-likeness (QED) is 0.856. The summed E-state index contributed by atoms with van der Waals surface area (Å²) in [4.78, 5) is 14.4. The third-order valence-corrected chi connectivity index (χ3v) is 3.49. The molecule has 1 saturated heterocycles. The van der Waals surface area contributed by atoms with Crippen molar-refractivity contribution in [2.75, 3.05) is 33.0 Å². The van der Waals surface area contributed by atoms with Gasteiger partial charge in [-0.15, -0.1) is 0 Å². The van der Waals surface area contributed by atoms with Crippen LogP contribution in [0.25, 0.3) is 0 Å². The highest BCUT2D eigenvalue weighted by Crippen LogP contribution is 2.32. The molecule has 1 heterocycles. The van der Waals surface area contributed by atoms with Crippen LogP contribution in [-0.2, 0) is 4.74 Å². The number of hydrogen-bond acceptors (Lipinski definition) is 5. The molecule has 0 spiro atoms. The number of amides is 1. The van der Waals surface area contributed by atoms with Gasteiger partial charge in [0.2, 0.25) is 0 Å². The second kappa shape index (κ2) is 6.22. The van der Waals surface area contributed by atoms with Gasteiger partial charge in [-0.3, -0.25) is 4.79 Å². The number of methoxy groups -OCH3 is 2. The van der Waals surface area contributed by atoms with Gasteiger partial charge < -0.3 is 24.8 Å². The molecule has 2 rings (SSSR count). The zero-order valence-corrected chi connectivity index (χ0v) is 12.9. The lowest BCUT2D eigenvalue weighted by Gasteiger charge is -2.35. The molecular formula is C15H22N2O4. The number of nitrogen functional groups attached to an aromatic ring is 1. The minimum Gasteiger partial charge on any atom is -0.493 e. The zero-order chi connectivity index (χ0) is 15.6. The largest absolute Gasteiger partial charge is 0.493 e. The first-order valence-electron chi connectivity index (χ1n) is 6.92. The van der Waals surface area contributed by atoms with Crippen LogP contribution in [-0.4, -0.2) is 50.3 Å². The van der Waals surface area contributed by atoms with Gasteiger partial charge >= 0.3 is 0 Å². The summed E-state index contributed by atoms with van der Waals surface area (Å²) in [6.07, 6.45) is 0.0261. The first-order valence-corrected chi connectivity index (χ1v) is 6.92. The SMILES string of the molecule is COc1cc(N)c(C(=O)N2C[C@H](C)O[C@@H](C)C2)cc1OC. The Labute approximate surface area is 124 Å². The van der Waals surface area contributed by atoms with Crippen molar-refractivity contribution in [3.05, 3.63) is 17.7 Å². The Hall–Kier alpha value is -1.95. The average Bonchev–Trinajstić information content (AvgIpc) is 2.45. The fourth-order valence-corrected chi connectivity index (χ4v) is 2.59. The molecular weight excluding hydrogens is 272 g/mol. The molecule has 0 aromatic heterocycles. The van der Waals surface area contributed by atoms with Gasteiger partial charge in [-0.2, -0.15) is 0 Å². The minimum atomic E-state index is -0.115. The maximum atomic E-state index is 12.7. The molecule has 21 heavy (non-hydrogen) atoms. The van der Waals surface area contributed by atoms with E-state index in [1.807, 2.05) is 13.8 Å². The third-order valence-electron chi connectivity index (χ3n) is 3.49. The normalized spacial score (nSPS) is 22.0. The first-order chi connectivity index (χ1) is 9.96. The van der Waals surface area contributed by atoms with Crippen LogP contribution in [0.5, 0.6) is 11.5 Å². The molecule has 6 heteroatoms. The highest BCUT2D eigenvalue weighted by molar-refractivity contribution is 6.00. The number of hydrogen-bond donors (Lipinski definition) is 1. The van der Waals surface area contributed by atoms with Crippen molar-refractivity contribution in [3.8, 4) is 11.5 Å². The molecule has 1 aromatic rings. The molecule has 0 aliphatic carbocycles. The first kappa shape index (κ1) is 15.4. The minimum absolute atomic E-state index is 0.0130. The topological polar surface area (TPSA) is 74.0 Å². The summed E-state index contributed by atoms with van der Waals surface area (Å²) in [7, 11) is 3.06. The lowest BCUT2D eigenvalue weighted by molar-refractivity contribution is -0.0586. The van der Waals surface area contributed by atoms with E-state index in [9.17, 15) is 4.79 Å². The van der Waals surface area contributed by atoms with Crippen molar-refractivity contribution in [1.29, 1.82) is 0 Å². The maximum Gasteiger partial charge on any atom is 0.256 e. The number of anilines is 1. The molecule has 2 atom stereocenters. The number of benzene rings is 1. The lowest BCUT2D eigenvalue weighted by Crippen LogP contribution is -2.48. The van der Waals surface area contributed by atoms with Gasteiger partial charge in [0.05, 0.1) is 32.0 Å². The standard InChI is InChI=1S/C15H22N2O4/c1-9-7-17(8-10(2)21-9)15(18)11-5-13(19-3)14(20-4)6-12(11)16/h5-6,9-10H,7-8,16H2,1-4H3/t9-,10-/m0/s1. The Morgan fingerprint density at radius 3 is 2.24 bits per heavy atom. The fraction of sp³-hybridized carbons (Fsp3) is 0.533. The van der Waals surface area contributed by atoms with Crippen LogP contribution in [0.15, 0.2) is 12.1 Å². The Bertz CT molecular complexity index is 523. The van der Waals surface area contributed by atoms with Gasteiger partial charge in [-0.25, -0.2) is 0 Å². The van der Waals surface area contributed by atoms with Crippen molar-refractivity contribution in [2.45, 2.75) is 26.1 Å². The monoisotopic (exact) mass is 294 g/mol. The Kier molecular flexibility index (Phi) is 4.57. The van der Waals surface area contributed by atoms with Crippen LogP contribution >= 0.6 is 0 Å². The molecule has 1 amide bonds.